The van der Waals surface area contributed by atoms with Gasteiger partial charge in [0.1, 0.15) is 11.1 Å². The number of para-hydroxylation sites is 1. The van der Waals surface area contributed by atoms with E-state index < -0.39 is 9.84 Å². The van der Waals surface area contributed by atoms with Crippen LogP contribution in [0.3, 0.4) is 0 Å². The SMILES string of the molecule is Cc1ccccc1CS/C(Nc1ccccc1Cl)=C(\C#N)S(=O)(=O)c1ccccc1. The first kappa shape index (κ1) is 22.0. The van der Waals surface area contributed by atoms with Crippen molar-refractivity contribution in [1.82, 2.24) is 0 Å². The molecule has 3 rings (SSSR count). The van der Waals surface area contributed by atoms with Crippen molar-refractivity contribution in [2.24, 2.45) is 0 Å². The van der Waals surface area contributed by atoms with E-state index in [4.69, 9.17) is 11.6 Å². The second kappa shape index (κ2) is 9.86. The van der Waals surface area contributed by atoms with Crippen molar-refractivity contribution in [2.75, 3.05) is 5.32 Å². The third-order valence-corrected chi connectivity index (χ3v) is 7.62. The Hall–Kier alpha value is -2.72. The van der Waals surface area contributed by atoms with E-state index in [1.165, 1.54) is 23.9 Å². The van der Waals surface area contributed by atoms with E-state index in [0.29, 0.717) is 16.5 Å². The number of nitrogens with one attached hydrogen (secondary N) is 1. The number of halogens is 1. The van der Waals surface area contributed by atoms with Gasteiger partial charge in [0.25, 0.3) is 0 Å². The number of nitriles is 1. The first-order valence-corrected chi connectivity index (χ1v) is 11.9. The molecule has 0 amide bonds. The largest absolute Gasteiger partial charge is 0.347 e. The molecule has 0 saturated heterocycles. The van der Waals surface area contributed by atoms with Crippen molar-refractivity contribution < 1.29 is 8.42 Å². The van der Waals surface area contributed by atoms with E-state index in [1.54, 1.807) is 42.5 Å². The van der Waals surface area contributed by atoms with E-state index >= 15 is 0 Å². The van der Waals surface area contributed by atoms with Crippen LogP contribution >= 0.6 is 23.4 Å². The lowest BCUT2D eigenvalue weighted by atomic mass is 10.1. The molecule has 0 heterocycles. The Labute approximate surface area is 186 Å². The van der Waals surface area contributed by atoms with Crippen molar-refractivity contribution in [1.29, 1.82) is 5.26 Å². The molecule has 30 heavy (non-hydrogen) atoms. The highest BCUT2D eigenvalue weighted by atomic mass is 35.5. The molecule has 0 saturated carbocycles. The Morgan fingerprint density at radius 3 is 2.30 bits per heavy atom. The normalized spacial score (nSPS) is 12.0. The fourth-order valence-electron chi connectivity index (χ4n) is 2.72. The van der Waals surface area contributed by atoms with Gasteiger partial charge in [-0.05, 0) is 42.3 Å². The summed E-state index contributed by atoms with van der Waals surface area (Å²) >= 11 is 7.52. The number of hydrogen-bond donors (Lipinski definition) is 1. The maximum Gasteiger partial charge on any atom is 0.219 e. The fraction of sp³-hybridized carbons (Fsp3) is 0.0870. The zero-order chi connectivity index (χ0) is 21.6. The van der Waals surface area contributed by atoms with Gasteiger partial charge in [-0.1, -0.05) is 66.2 Å². The molecular formula is C23H19ClN2O2S2. The predicted molar refractivity (Wildman–Crippen MR) is 124 cm³/mol. The average molecular weight is 455 g/mol. The number of hydrogen-bond acceptors (Lipinski definition) is 5. The summed E-state index contributed by atoms with van der Waals surface area (Å²) in [7, 11) is -4.01. The third-order valence-electron chi connectivity index (χ3n) is 4.39. The Balaban J connectivity index is 2.07. The molecule has 0 radical (unpaired) electrons. The quantitative estimate of drug-likeness (QED) is 0.433. The fourth-order valence-corrected chi connectivity index (χ4v) is 5.55. The molecule has 0 atom stereocenters. The van der Waals surface area contributed by atoms with Crippen LogP contribution in [0.4, 0.5) is 5.69 Å². The van der Waals surface area contributed by atoms with Crippen LogP contribution in [0, 0.1) is 18.3 Å². The molecule has 0 spiro atoms. The molecule has 0 aliphatic heterocycles. The number of thioether (sulfide) groups is 1. The number of sulfone groups is 1. The highest BCUT2D eigenvalue weighted by Gasteiger charge is 2.26. The van der Waals surface area contributed by atoms with Gasteiger partial charge in [0.2, 0.25) is 9.84 Å². The van der Waals surface area contributed by atoms with Gasteiger partial charge in [-0.3, -0.25) is 0 Å². The second-order valence-electron chi connectivity index (χ2n) is 6.41. The van der Waals surface area contributed by atoms with Crippen molar-refractivity contribution >= 4 is 38.9 Å². The van der Waals surface area contributed by atoms with Gasteiger partial charge in [0, 0.05) is 5.75 Å². The van der Waals surface area contributed by atoms with Gasteiger partial charge >= 0.3 is 0 Å². The smallest absolute Gasteiger partial charge is 0.219 e. The average Bonchev–Trinajstić information content (AvgIpc) is 2.75. The van der Waals surface area contributed by atoms with Gasteiger partial charge in [-0.2, -0.15) is 5.26 Å². The van der Waals surface area contributed by atoms with E-state index in [1.807, 2.05) is 37.3 Å². The summed E-state index contributed by atoms with van der Waals surface area (Å²) in [6.07, 6.45) is 0. The van der Waals surface area contributed by atoms with Crippen LogP contribution in [0.2, 0.25) is 5.02 Å². The Bertz CT molecular complexity index is 1220. The predicted octanol–water partition coefficient (Wildman–Crippen LogP) is 6.16. The molecule has 0 aliphatic carbocycles. The van der Waals surface area contributed by atoms with Gasteiger partial charge in [0.15, 0.2) is 4.91 Å². The summed E-state index contributed by atoms with van der Waals surface area (Å²) in [4.78, 5) is -0.274. The zero-order valence-electron chi connectivity index (χ0n) is 16.2. The van der Waals surface area contributed by atoms with E-state index in [0.717, 1.165) is 11.1 Å². The van der Waals surface area contributed by atoms with Crippen molar-refractivity contribution in [3.05, 3.63) is 105 Å². The first-order chi connectivity index (χ1) is 14.4. The number of aryl methyl sites for hydroxylation is 1. The Morgan fingerprint density at radius 1 is 1.00 bits per heavy atom. The van der Waals surface area contributed by atoms with Crippen LogP contribution < -0.4 is 5.32 Å². The Morgan fingerprint density at radius 2 is 1.63 bits per heavy atom. The summed E-state index contributed by atoms with van der Waals surface area (Å²) < 4.78 is 26.4. The summed E-state index contributed by atoms with van der Waals surface area (Å²) in [6, 6.07) is 24.7. The number of anilines is 1. The molecule has 3 aromatic rings. The van der Waals surface area contributed by atoms with E-state index in [-0.39, 0.29) is 14.8 Å². The molecule has 152 valence electrons. The van der Waals surface area contributed by atoms with Crippen LogP contribution in [0.15, 0.2) is 93.7 Å². The number of benzene rings is 3. The van der Waals surface area contributed by atoms with E-state index in [2.05, 4.69) is 5.32 Å². The highest BCUT2D eigenvalue weighted by molar-refractivity contribution is 8.04. The van der Waals surface area contributed by atoms with Gasteiger partial charge < -0.3 is 5.32 Å². The van der Waals surface area contributed by atoms with Crippen LogP contribution in [0.5, 0.6) is 0 Å². The minimum absolute atomic E-state index is 0.0662. The van der Waals surface area contributed by atoms with Crippen LogP contribution in [0.25, 0.3) is 0 Å². The van der Waals surface area contributed by atoms with Gasteiger partial charge in [0.05, 0.1) is 15.6 Å². The summed E-state index contributed by atoms with van der Waals surface area (Å²) in [5, 5.41) is 13.6. The molecule has 0 bridgehead atoms. The number of rotatable bonds is 7. The topological polar surface area (TPSA) is 70.0 Å². The molecule has 0 aromatic heterocycles. The molecule has 0 unspecified atom stereocenters. The highest BCUT2D eigenvalue weighted by Crippen LogP contribution is 2.33. The molecule has 0 fully saturated rings. The first-order valence-electron chi connectivity index (χ1n) is 9.07. The molecule has 0 aliphatic rings. The lowest BCUT2D eigenvalue weighted by molar-refractivity contribution is 0.603. The van der Waals surface area contributed by atoms with Gasteiger partial charge in [-0.15, -0.1) is 11.8 Å². The summed E-state index contributed by atoms with van der Waals surface area (Å²) in [5.41, 5.74) is 2.67. The molecule has 4 nitrogen and oxygen atoms in total. The minimum atomic E-state index is -4.01. The molecule has 3 aromatic carbocycles. The summed E-state index contributed by atoms with van der Waals surface area (Å²) in [5.74, 6) is 0.495. The molecular weight excluding hydrogens is 436 g/mol. The second-order valence-corrected chi connectivity index (χ2v) is 9.69. The maximum absolute atomic E-state index is 13.2. The maximum atomic E-state index is 13.2. The Kier molecular flexibility index (Phi) is 7.22. The van der Waals surface area contributed by atoms with Gasteiger partial charge in [-0.25, -0.2) is 8.42 Å². The van der Waals surface area contributed by atoms with Crippen LogP contribution in [-0.4, -0.2) is 8.42 Å². The lowest BCUT2D eigenvalue weighted by Gasteiger charge is -2.15. The lowest BCUT2D eigenvalue weighted by Crippen LogP contribution is -2.10. The standard InChI is InChI=1S/C23H19ClN2O2S2/c1-17-9-5-6-10-18(17)16-29-23(26-21-14-8-7-13-20(21)24)22(15-25)30(27,28)19-11-3-2-4-12-19/h2-14,26H,16H2,1H3/b23-22+. The third kappa shape index (κ3) is 5.06. The minimum Gasteiger partial charge on any atom is -0.347 e. The molecule has 1 N–H and O–H groups in total. The van der Waals surface area contributed by atoms with Crippen LogP contribution in [-0.2, 0) is 15.6 Å². The monoisotopic (exact) mass is 454 g/mol. The van der Waals surface area contributed by atoms with E-state index in [9.17, 15) is 13.7 Å². The zero-order valence-corrected chi connectivity index (χ0v) is 18.6. The van der Waals surface area contributed by atoms with Crippen molar-refractivity contribution in [2.45, 2.75) is 17.6 Å². The van der Waals surface area contributed by atoms with Crippen molar-refractivity contribution in [3.63, 3.8) is 0 Å². The van der Waals surface area contributed by atoms with Crippen molar-refractivity contribution in [3.8, 4) is 6.07 Å². The van der Waals surface area contributed by atoms with Crippen LogP contribution in [0.1, 0.15) is 11.1 Å². The number of allylic oxidation sites excluding steroid dienone is 1. The molecule has 7 heteroatoms. The number of nitrogens with zero attached hydrogens (tertiary/aromatic N) is 1. The summed E-state index contributed by atoms with van der Waals surface area (Å²) in [6.45, 7) is 1.99.